The molecule has 8 nitrogen and oxygen atoms in total. The Morgan fingerprint density at radius 3 is 2.33 bits per heavy atom. The quantitative estimate of drug-likeness (QED) is 0.454. The Kier molecular flexibility index (Phi) is 6.01. The van der Waals surface area contributed by atoms with Gasteiger partial charge in [0.25, 0.3) is 10.0 Å². The predicted molar refractivity (Wildman–Crippen MR) is 129 cm³/mol. The molecule has 1 aromatic heterocycles. The van der Waals surface area contributed by atoms with Gasteiger partial charge in [0.2, 0.25) is 5.91 Å². The molecule has 10 heteroatoms. The molecule has 0 aliphatic heterocycles. The van der Waals surface area contributed by atoms with Crippen LogP contribution in [-0.4, -0.2) is 30.0 Å². The molecule has 1 amide bonds. The normalized spacial score (nSPS) is 11.5. The highest BCUT2D eigenvalue weighted by molar-refractivity contribution is 7.92. The fourth-order valence-corrected chi connectivity index (χ4v) is 5.20. The van der Waals surface area contributed by atoms with Crippen LogP contribution in [0, 0.1) is 0 Å². The lowest BCUT2D eigenvalue weighted by atomic mass is 10.2. The van der Waals surface area contributed by atoms with Gasteiger partial charge in [0.1, 0.15) is 6.54 Å². The Bertz CT molecular complexity index is 1510. The number of aromatic nitrogens is 2. The van der Waals surface area contributed by atoms with Crippen molar-refractivity contribution in [3.05, 3.63) is 88.3 Å². The Labute approximate surface area is 195 Å². The lowest BCUT2D eigenvalue weighted by Gasteiger charge is -2.24. The molecule has 0 unspecified atom stereocenters. The molecule has 0 saturated heterocycles. The smallest absolute Gasteiger partial charge is 0.324 e. The average molecular weight is 485 g/mol. The number of aryl methyl sites for hydroxylation is 2. The summed E-state index contributed by atoms with van der Waals surface area (Å²) in [5.41, 5.74) is 1.88. The van der Waals surface area contributed by atoms with E-state index in [2.05, 4.69) is 5.32 Å². The van der Waals surface area contributed by atoms with E-state index < -0.39 is 22.5 Å². The highest BCUT2D eigenvalue weighted by Crippen LogP contribution is 2.26. The van der Waals surface area contributed by atoms with Crippen LogP contribution >= 0.6 is 11.6 Å². The number of carbonyl (C=O) groups excluding carboxylic acids is 1. The summed E-state index contributed by atoms with van der Waals surface area (Å²) in [4.78, 5) is 25.1. The second-order valence-corrected chi connectivity index (χ2v) is 9.76. The number of imidazole rings is 1. The third-order valence-corrected chi connectivity index (χ3v) is 7.29. The summed E-state index contributed by atoms with van der Waals surface area (Å²) < 4.78 is 30.7. The lowest BCUT2D eigenvalue weighted by Crippen LogP contribution is -2.38. The van der Waals surface area contributed by atoms with Crippen molar-refractivity contribution in [2.75, 3.05) is 16.2 Å². The summed E-state index contributed by atoms with van der Waals surface area (Å²) in [6.07, 6.45) is 0. The second kappa shape index (κ2) is 8.76. The molecule has 1 heterocycles. The molecule has 0 saturated carbocycles. The number of sulfonamides is 1. The minimum absolute atomic E-state index is 0.0541. The number of carbonyl (C=O) groups is 1. The largest absolute Gasteiger partial charge is 0.328 e. The molecule has 0 aliphatic rings. The number of fused-ring (bicyclic) bond motifs is 1. The zero-order valence-corrected chi connectivity index (χ0v) is 19.5. The number of anilines is 2. The summed E-state index contributed by atoms with van der Waals surface area (Å²) >= 11 is 6.08. The predicted octanol–water partition coefficient (Wildman–Crippen LogP) is 3.36. The molecular weight excluding hydrogens is 464 g/mol. The van der Waals surface area contributed by atoms with Crippen LogP contribution in [0.5, 0.6) is 0 Å². The molecule has 0 spiro atoms. The maximum Gasteiger partial charge on any atom is 0.328 e. The molecule has 0 bridgehead atoms. The van der Waals surface area contributed by atoms with Crippen molar-refractivity contribution in [2.45, 2.75) is 4.90 Å². The average Bonchev–Trinajstić information content (AvgIpc) is 3.01. The van der Waals surface area contributed by atoms with E-state index in [-0.39, 0.29) is 16.3 Å². The van der Waals surface area contributed by atoms with Gasteiger partial charge < -0.3 is 5.32 Å². The fraction of sp³-hybridized carbons (Fsp3) is 0.130. The van der Waals surface area contributed by atoms with Gasteiger partial charge in [-0.3, -0.25) is 18.2 Å². The van der Waals surface area contributed by atoms with Crippen LogP contribution in [0.3, 0.4) is 0 Å². The van der Waals surface area contributed by atoms with Crippen LogP contribution in [0.15, 0.2) is 82.5 Å². The van der Waals surface area contributed by atoms with Crippen LogP contribution in [0.25, 0.3) is 11.0 Å². The fourth-order valence-electron chi connectivity index (χ4n) is 3.58. The van der Waals surface area contributed by atoms with Crippen LogP contribution < -0.4 is 15.3 Å². The van der Waals surface area contributed by atoms with E-state index in [1.54, 1.807) is 68.7 Å². The van der Waals surface area contributed by atoms with Crippen LogP contribution in [0.4, 0.5) is 11.4 Å². The summed E-state index contributed by atoms with van der Waals surface area (Å²) in [6.45, 7) is -0.469. The highest BCUT2D eigenvalue weighted by atomic mass is 35.5. The van der Waals surface area contributed by atoms with Gasteiger partial charge in [-0.05, 0) is 48.5 Å². The minimum atomic E-state index is -4.04. The first-order chi connectivity index (χ1) is 15.7. The molecule has 0 atom stereocenters. The van der Waals surface area contributed by atoms with E-state index in [9.17, 15) is 18.0 Å². The van der Waals surface area contributed by atoms with Crippen molar-refractivity contribution in [3.8, 4) is 0 Å². The van der Waals surface area contributed by atoms with Gasteiger partial charge in [0.15, 0.2) is 0 Å². The molecule has 170 valence electrons. The number of nitrogens with zero attached hydrogens (tertiary/aromatic N) is 3. The standard InChI is InChI=1S/C23H21ClN4O4S/c1-26-20-12-11-17(14-21(20)27(2)23(26)30)25-22(29)15-28(18-8-6-7-16(24)13-18)33(31,32)19-9-4-3-5-10-19/h3-14H,15H2,1-2H3,(H,25,29). The zero-order valence-electron chi connectivity index (χ0n) is 17.9. The minimum Gasteiger partial charge on any atom is -0.324 e. The SMILES string of the molecule is Cn1c(=O)n(C)c2cc(NC(=O)CN(c3cccc(Cl)c3)S(=O)(=O)c3ccccc3)ccc21. The van der Waals surface area contributed by atoms with Crippen molar-refractivity contribution >= 4 is 49.9 Å². The second-order valence-electron chi connectivity index (χ2n) is 7.46. The van der Waals surface area contributed by atoms with Crippen molar-refractivity contribution in [3.63, 3.8) is 0 Å². The van der Waals surface area contributed by atoms with E-state index in [0.29, 0.717) is 21.7 Å². The highest BCUT2D eigenvalue weighted by Gasteiger charge is 2.27. The summed E-state index contributed by atoms with van der Waals surface area (Å²) in [5, 5.41) is 3.07. The molecule has 4 aromatic rings. The maximum absolute atomic E-state index is 13.4. The van der Waals surface area contributed by atoms with Crippen molar-refractivity contribution in [1.29, 1.82) is 0 Å². The third-order valence-electron chi connectivity index (χ3n) is 5.27. The Hall–Kier alpha value is -3.56. The van der Waals surface area contributed by atoms with Gasteiger partial charge in [-0.1, -0.05) is 35.9 Å². The number of rotatable bonds is 6. The summed E-state index contributed by atoms with van der Waals surface area (Å²) in [7, 11) is -0.727. The van der Waals surface area contributed by atoms with Crippen LogP contribution in [0.2, 0.25) is 5.02 Å². The van der Waals surface area contributed by atoms with Crippen molar-refractivity contribution in [1.82, 2.24) is 9.13 Å². The van der Waals surface area contributed by atoms with Crippen LogP contribution in [-0.2, 0) is 28.9 Å². The van der Waals surface area contributed by atoms with E-state index in [4.69, 9.17) is 11.6 Å². The van der Waals surface area contributed by atoms with Gasteiger partial charge in [-0.2, -0.15) is 0 Å². The Balaban J connectivity index is 1.67. The number of benzene rings is 3. The van der Waals surface area contributed by atoms with E-state index >= 15 is 0 Å². The lowest BCUT2D eigenvalue weighted by molar-refractivity contribution is -0.114. The molecule has 1 N–H and O–H groups in total. The Morgan fingerprint density at radius 2 is 1.64 bits per heavy atom. The summed E-state index contributed by atoms with van der Waals surface area (Å²) in [6, 6.07) is 19.2. The van der Waals surface area contributed by atoms with Gasteiger partial charge in [0.05, 0.1) is 21.6 Å². The van der Waals surface area contributed by atoms with Gasteiger partial charge >= 0.3 is 5.69 Å². The van der Waals surface area contributed by atoms with Crippen molar-refractivity contribution < 1.29 is 13.2 Å². The zero-order chi connectivity index (χ0) is 23.8. The number of hydrogen-bond acceptors (Lipinski definition) is 4. The van der Waals surface area contributed by atoms with Gasteiger partial charge in [0, 0.05) is 24.8 Å². The van der Waals surface area contributed by atoms with Gasteiger partial charge in [-0.15, -0.1) is 0 Å². The molecule has 0 radical (unpaired) electrons. The molecule has 3 aromatic carbocycles. The number of nitrogens with one attached hydrogen (secondary N) is 1. The van der Waals surface area contributed by atoms with E-state index in [1.807, 2.05) is 0 Å². The van der Waals surface area contributed by atoms with Crippen LogP contribution in [0.1, 0.15) is 0 Å². The third kappa shape index (κ3) is 4.37. The number of hydrogen-bond donors (Lipinski definition) is 1. The first-order valence-electron chi connectivity index (χ1n) is 9.97. The van der Waals surface area contributed by atoms with E-state index in [1.165, 1.54) is 27.3 Å². The number of halogens is 1. The maximum atomic E-state index is 13.4. The molecule has 0 aliphatic carbocycles. The Morgan fingerprint density at radius 1 is 0.939 bits per heavy atom. The molecule has 4 rings (SSSR count). The molecule has 33 heavy (non-hydrogen) atoms. The van der Waals surface area contributed by atoms with E-state index in [0.717, 1.165) is 4.31 Å². The van der Waals surface area contributed by atoms with Crippen molar-refractivity contribution in [2.24, 2.45) is 14.1 Å². The molecule has 0 fully saturated rings. The summed E-state index contributed by atoms with van der Waals surface area (Å²) in [5.74, 6) is -0.547. The topological polar surface area (TPSA) is 93.4 Å². The van der Waals surface area contributed by atoms with Gasteiger partial charge in [-0.25, -0.2) is 13.2 Å². The first kappa shape index (κ1) is 22.6. The first-order valence-corrected chi connectivity index (χ1v) is 11.8. The molecular formula is C23H21ClN4O4S. The monoisotopic (exact) mass is 484 g/mol. The number of amides is 1.